The first kappa shape index (κ1) is 16.3. The van der Waals surface area contributed by atoms with Crippen molar-refractivity contribution >= 4 is 23.4 Å². The van der Waals surface area contributed by atoms with Gasteiger partial charge in [-0.15, -0.1) is 11.8 Å². The third-order valence-electron chi connectivity index (χ3n) is 2.93. The molecular weight excluding hydrogens is 312 g/mol. The summed E-state index contributed by atoms with van der Waals surface area (Å²) in [7, 11) is 0. The quantitative estimate of drug-likeness (QED) is 0.748. The van der Waals surface area contributed by atoms with Crippen molar-refractivity contribution in [2.75, 3.05) is 6.54 Å². The molecule has 0 heterocycles. The molecule has 2 rings (SSSR count). The smallest absolute Gasteiger partial charge is 0.140 e. The van der Waals surface area contributed by atoms with Gasteiger partial charge in [-0.2, -0.15) is 0 Å². The second-order valence-electron chi connectivity index (χ2n) is 4.58. The van der Waals surface area contributed by atoms with Crippen LogP contribution in [0.4, 0.5) is 8.78 Å². The molecule has 0 amide bonds. The molecule has 0 saturated heterocycles. The minimum absolute atomic E-state index is 0.0604. The van der Waals surface area contributed by atoms with E-state index >= 15 is 0 Å². The van der Waals surface area contributed by atoms with Crippen LogP contribution in [0.3, 0.4) is 0 Å². The summed E-state index contributed by atoms with van der Waals surface area (Å²) in [6, 6.07) is 10.0. The van der Waals surface area contributed by atoms with Gasteiger partial charge in [0.1, 0.15) is 11.6 Å². The zero-order valence-corrected chi connectivity index (χ0v) is 13.2. The van der Waals surface area contributed by atoms with Gasteiger partial charge in [-0.05, 0) is 41.9 Å². The van der Waals surface area contributed by atoms with Crippen LogP contribution in [0.1, 0.15) is 18.1 Å². The molecule has 0 atom stereocenters. The number of benzene rings is 2. The van der Waals surface area contributed by atoms with Crippen molar-refractivity contribution in [1.82, 2.24) is 5.32 Å². The SMILES string of the molecule is CCNCc1cc(F)c(SCc2ccc(Cl)cc2)c(F)c1. The number of halogens is 3. The highest BCUT2D eigenvalue weighted by molar-refractivity contribution is 7.98. The van der Waals surface area contributed by atoms with Crippen LogP contribution in [0, 0.1) is 11.6 Å². The molecular formula is C16H16ClF2NS. The Morgan fingerprint density at radius 2 is 1.67 bits per heavy atom. The Balaban J connectivity index is 2.07. The van der Waals surface area contributed by atoms with Crippen LogP contribution >= 0.6 is 23.4 Å². The highest BCUT2D eigenvalue weighted by Crippen LogP contribution is 2.29. The summed E-state index contributed by atoms with van der Waals surface area (Å²) in [6.07, 6.45) is 0. The molecule has 2 aromatic rings. The summed E-state index contributed by atoms with van der Waals surface area (Å²) < 4.78 is 28.0. The van der Waals surface area contributed by atoms with Crippen LogP contribution in [-0.4, -0.2) is 6.54 Å². The maximum atomic E-state index is 14.0. The molecule has 0 unspecified atom stereocenters. The minimum Gasteiger partial charge on any atom is -0.313 e. The third-order valence-corrected chi connectivity index (χ3v) is 4.34. The number of rotatable bonds is 6. The van der Waals surface area contributed by atoms with Gasteiger partial charge in [0, 0.05) is 17.3 Å². The lowest BCUT2D eigenvalue weighted by Crippen LogP contribution is -2.12. The lowest BCUT2D eigenvalue weighted by molar-refractivity contribution is 0.535. The van der Waals surface area contributed by atoms with E-state index in [-0.39, 0.29) is 4.90 Å². The predicted octanol–water partition coefficient (Wildman–Crippen LogP) is 5.02. The van der Waals surface area contributed by atoms with E-state index in [1.807, 2.05) is 19.1 Å². The summed E-state index contributed by atoms with van der Waals surface area (Å²) in [5.74, 6) is -0.527. The van der Waals surface area contributed by atoms with Crippen molar-refractivity contribution in [3.8, 4) is 0 Å². The zero-order valence-electron chi connectivity index (χ0n) is 11.6. The van der Waals surface area contributed by atoms with Crippen LogP contribution in [0.2, 0.25) is 5.02 Å². The standard InChI is InChI=1S/C16H16ClF2NS/c1-2-20-9-12-7-14(18)16(15(19)8-12)21-10-11-3-5-13(17)6-4-11/h3-8,20H,2,9-10H2,1H3. The van der Waals surface area contributed by atoms with E-state index in [4.69, 9.17) is 11.6 Å². The van der Waals surface area contributed by atoms with Crippen molar-refractivity contribution in [2.24, 2.45) is 0 Å². The average molecular weight is 328 g/mol. The lowest BCUT2D eigenvalue weighted by atomic mass is 10.2. The third kappa shape index (κ3) is 4.70. The number of hydrogen-bond donors (Lipinski definition) is 1. The first-order chi connectivity index (χ1) is 10.1. The Morgan fingerprint density at radius 3 is 2.24 bits per heavy atom. The molecule has 0 spiro atoms. The number of hydrogen-bond acceptors (Lipinski definition) is 2. The van der Waals surface area contributed by atoms with Gasteiger partial charge in [0.2, 0.25) is 0 Å². The van der Waals surface area contributed by atoms with Gasteiger partial charge in [0.05, 0.1) is 4.90 Å². The molecule has 2 aromatic carbocycles. The lowest BCUT2D eigenvalue weighted by Gasteiger charge is -2.08. The number of nitrogens with one attached hydrogen (secondary N) is 1. The fraction of sp³-hybridized carbons (Fsp3) is 0.250. The molecule has 21 heavy (non-hydrogen) atoms. The Kier molecular flexibility index (Phi) is 6.03. The Labute approximate surface area is 132 Å². The summed E-state index contributed by atoms with van der Waals surface area (Å²) in [5.41, 5.74) is 1.59. The molecule has 112 valence electrons. The predicted molar refractivity (Wildman–Crippen MR) is 84.8 cm³/mol. The summed E-state index contributed by atoms with van der Waals surface area (Å²) in [5, 5.41) is 3.70. The Bertz CT molecular complexity index is 579. The van der Waals surface area contributed by atoms with Crippen LogP contribution < -0.4 is 5.32 Å². The van der Waals surface area contributed by atoms with E-state index in [1.54, 1.807) is 12.1 Å². The highest BCUT2D eigenvalue weighted by Gasteiger charge is 2.12. The fourth-order valence-corrected chi connectivity index (χ4v) is 2.88. The molecule has 0 fully saturated rings. The van der Waals surface area contributed by atoms with Gasteiger partial charge in [-0.3, -0.25) is 0 Å². The summed E-state index contributed by atoms with van der Waals surface area (Å²) >= 11 is 6.96. The highest BCUT2D eigenvalue weighted by atomic mass is 35.5. The van der Waals surface area contributed by atoms with Crippen molar-refractivity contribution in [3.63, 3.8) is 0 Å². The monoisotopic (exact) mass is 327 g/mol. The molecule has 0 aromatic heterocycles. The van der Waals surface area contributed by atoms with E-state index in [2.05, 4.69) is 5.32 Å². The zero-order chi connectivity index (χ0) is 15.2. The van der Waals surface area contributed by atoms with Crippen LogP contribution in [-0.2, 0) is 12.3 Å². The van der Waals surface area contributed by atoms with Crippen molar-refractivity contribution < 1.29 is 8.78 Å². The van der Waals surface area contributed by atoms with Gasteiger partial charge < -0.3 is 5.32 Å². The van der Waals surface area contributed by atoms with Gasteiger partial charge in [0.25, 0.3) is 0 Å². The average Bonchev–Trinajstić information content (AvgIpc) is 2.46. The van der Waals surface area contributed by atoms with Gasteiger partial charge >= 0.3 is 0 Å². The van der Waals surface area contributed by atoms with Crippen molar-refractivity contribution in [1.29, 1.82) is 0 Å². The first-order valence-corrected chi connectivity index (χ1v) is 8.02. The molecule has 5 heteroatoms. The maximum Gasteiger partial charge on any atom is 0.140 e. The van der Waals surface area contributed by atoms with E-state index < -0.39 is 11.6 Å². The molecule has 1 N–H and O–H groups in total. The van der Waals surface area contributed by atoms with E-state index in [9.17, 15) is 8.78 Å². The summed E-state index contributed by atoms with van der Waals surface area (Å²) in [6.45, 7) is 3.17. The molecule has 0 radical (unpaired) electrons. The van der Waals surface area contributed by atoms with Crippen molar-refractivity contribution in [3.05, 3.63) is 64.2 Å². The normalized spacial score (nSPS) is 10.9. The first-order valence-electron chi connectivity index (χ1n) is 6.66. The molecule has 0 bridgehead atoms. The van der Waals surface area contributed by atoms with Crippen LogP contribution in [0.15, 0.2) is 41.3 Å². The Hall–Kier alpha value is -1.10. The van der Waals surface area contributed by atoms with E-state index in [0.717, 1.165) is 23.9 Å². The fourth-order valence-electron chi connectivity index (χ4n) is 1.86. The second kappa shape index (κ2) is 7.78. The van der Waals surface area contributed by atoms with Gasteiger partial charge in [0.15, 0.2) is 0 Å². The Morgan fingerprint density at radius 1 is 1.05 bits per heavy atom. The maximum absolute atomic E-state index is 14.0. The van der Waals surface area contributed by atoms with E-state index in [0.29, 0.717) is 22.9 Å². The van der Waals surface area contributed by atoms with Gasteiger partial charge in [-0.25, -0.2) is 8.78 Å². The molecule has 0 aliphatic rings. The largest absolute Gasteiger partial charge is 0.313 e. The number of thioether (sulfide) groups is 1. The molecule has 1 nitrogen and oxygen atoms in total. The molecule has 0 saturated carbocycles. The minimum atomic E-state index is -0.512. The second-order valence-corrected chi connectivity index (χ2v) is 6.01. The van der Waals surface area contributed by atoms with Gasteiger partial charge in [-0.1, -0.05) is 30.7 Å². The van der Waals surface area contributed by atoms with Crippen LogP contribution in [0.5, 0.6) is 0 Å². The van der Waals surface area contributed by atoms with E-state index in [1.165, 1.54) is 12.1 Å². The van der Waals surface area contributed by atoms with Crippen LogP contribution in [0.25, 0.3) is 0 Å². The molecule has 0 aliphatic carbocycles. The molecule has 0 aliphatic heterocycles. The topological polar surface area (TPSA) is 12.0 Å². The van der Waals surface area contributed by atoms with Crippen molar-refractivity contribution in [2.45, 2.75) is 24.1 Å². The summed E-state index contributed by atoms with van der Waals surface area (Å²) in [4.78, 5) is 0.0604.